The van der Waals surface area contributed by atoms with Gasteiger partial charge in [-0.3, -0.25) is 9.69 Å². The van der Waals surface area contributed by atoms with Crippen molar-refractivity contribution in [1.29, 1.82) is 0 Å². The van der Waals surface area contributed by atoms with Crippen LogP contribution in [0.3, 0.4) is 0 Å². The molecule has 27 heavy (non-hydrogen) atoms. The monoisotopic (exact) mass is 369 g/mol. The van der Waals surface area contributed by atoms with Crippen LogP contribution in [0.25, 0.3) is 11.1 Å². The molecule has 1 amide bonds. The van der Waals surface area contributed by atoms with Gasteiger partial charge in [-0.15, -0.1) is 0 Å². The lowest BCUT2D eigenvalue weighted by Gasteiger charge is -2.26. The Bertz CT molecular complexity index is 804. The first-order chi connectivity index (χ1) is 13.0. The van der Waals surface area contributed by atoms with Gasteiger partial charge in [0.05, 0.1) is 18.8 Å². The summed E-state index contributed by atoms with van der Waals surface area (Å²) in [5.41, 5.74) is 12.0. The van der Waals surface area contributed by atoms with Gasteiger partial charge in [0.25, 0.3) is 5.91 Å². The fourth-order valence-corrected chi connectivity index (χ4v) is 4.19. The maximum absolute atomic E-state index is 12.3. The molecule has 0 atom stereocenters. The Kier molecular flexibility index (Phi) is 6.34. The van der Waals surface area contributed by atoms with Crippen LogP contribution >= 0.6 is 0 Å². The van der Waals surface area contributed by atoms with Crippen molar-refractivity contribution >= 4 is 5.91 Å². The number of benzene rings is 1. The van der Waals surface area contributed by atoms with E-state index in [4.69, 9.17) is 10.5 Å². The van der Waals surface area contributed by atoms with Crippen LogP contribution in [-0.4, -0.2) is 48.2 Å². The van der Waals surface area contributed by atoms with Crippen LogP contribution in [-0.2, 0) is 17.7 Å². The zero-order valence-electron chi connectivity index (χ0n) is 16.8. The number of morpholine rings is 1. The minimum atomic E-state index is -0.340. The lowest BCUT2D eigenvalue weighted by molar-refractivity contribution is 0.0369. The SMILES string of the molecule is CCc1c(-c2ccccc2C)c(C(N)=O)c(C)n1CCCN1CCOCC1. The lowest BCUT2D eigenvalue weighted by Crippen LogP contribution is -2.37. The fourth-order valence-electron chi connectivity index (χ4n) is 4.19. The minimum absolute atomic E-state index is 0.340. The summed E-state index contributed by atoms with van der Waals surface area (Å²) in [6.07, 6.45) is 1.92. The number of rotatable bonds is 7. The minimum Gasteiger partial charge on any atom is -0.379 e. The highest BCUT2D eigenvalue weighted by atomic mass is 16.5. The summed E-state index contributed by atoms with van der Waals surface area (Å²) in [5.74, 6) is -0.340. The first-order valence-electron chi connectivity index (χ1n) is 9.92. The van der Waals surface area contributed by atoms with Gasteiger partial charge in [-0.1, -0.05) is 31.2 Å². The summed E-state index contributed by atoms with van der Waals surface area (Å²) >= 11 is 0. The van der Waals surface area contributed by atoms with Crippen LogP contribution in [0.15, 0.2) is 24.3 Å². The smallest absolute Gasteiger partial charge is 0.251 e. The maximum Gasteiger partial charge on any atom is 0.251 e. The summed E-state index contributed by atoms with van der Waals surface area (Å²) in [6.45, 7) is 11.9. The Morgan fingerprint density at radius 1 is 1.15 bits per heavy atom. The van der Waals surface area contributed by atoms with Gasteiger partial charge in [0.2, 0.25) is 0 Å². The lowest BCUT2D eigenvalue weighted by atomic mass is 9.95. The first-order valence-corrected chi connectivity index (χ1v) is 9.92. The highest BCUT2D eigenvalue weighted by Gasteiger charge is 2.24. The average Bonchev–Trinajstić information content (AvgIpc) is 2.95. The van der Waals surface area contributed by atoms with E-state index in [-0.39, 0.29) is 5.91 Å². The number of aryl methyl sites for hydroxylation is 1. The molecule has 0 aliphatic carbocycles. The molecule has 0 radical (unpaired) electrons. The van der Waals surface area contributed by atoms with Crippen molar-refractivity contribution in [3.63, 3.8) is 0 Å². The number of nitrogens with zero attached hydrogens (tertiary/aromatic N) is 2. The van der Waals surface area contributed by atoms with Crippen LogP contribution in [0, 0.1) is 13.8 Å². The highest BCUT2D eigenvalue weighted by molar-refractivity contribution is 6.02. The maximum atomic E-state index is 12.3. The van der Waals surface area contributed by atoms with Gasteiger partial charge < -0.3 is 15.0 Å². The van der Waals surface area contributed by atoms with Gasteiger partial charge in [0, 0.05) is 43.1 Å². The molecule has 0 spiro atoms. The van der Waals surface area contributed by atoms with E-state index in [1.54, 1.807) is 0 Å². The normalized spacial score (nSPS) is 15.2. The molecule has 5 nitrogen and oxygen atoms in total. The van der Waals surface area contributed by atoms with Crippen molar-refractivity contribution in [2.45, 2.75) is 40.2 Å². The van der Waals surface area contributed by atoms with Crippen LogP contribution in [0.5, 0.6) is 0 Å². The third kappa shape index (κ3) is 4.09. The second-order valence-corrected chi connectivity index (χ2v) is 7.27. The predicted octanol–water partition coefficient (Wildman–Crippen LogP) is 3.16. The summed E-state index contributed by atoms with van der Waals surface area (Å²) in [5, 5.41) is 0. The second-order valence-electron chi connectivity index (χ2n) is 7.27. The Hall–Kier alpha value is -2.11. The summed E-state index contributed by atoms with van der Waals surface area (Å²) < 4.78 is 7.74. The number of hydrogen-bond acceptors (Lipinski definition) is 3. The standard InChI is InChI=1S/C22H31N3O2/c1-4-19-21(18-9-6-5-8-16(18)2)20(22(23)26)17(3)25(19)11-7-10-24-12-14-27-15-13-24/h5-6,8-9H,4,7,10-15H2,1-3H3,(H2,23,26). The van der Waals surface area contributed by atoms with Gasteiger partial charge >= 0.3 is 0 Å². The third-order valence-corrected chi connectivity index (χ3v) is 5.59. The van der Waals surface area contributed by atoms with Gasteiger partial charge in [-0.25, -0.2) is 0 Å². The van der Waals surface area contributed by atoms with Crippen molar-refractivity contribution in [3.05, 3.63) is 46.8 Å². The number of carbonyl (C=O) groups excluding carboxylic acids is 1. The molecule has 1 aliphatic rings. The van der Waals surface area contributed by atoms with Crippen molar-refractivity contribution in [2.24, 2.45) is 5.73 Å². The van der Waals surface area contributed by atoms with Gasteiger partial charge in [0.15, 0.2) is 0 Å². The number of primary amides is 1. The molecule has 2 aromatic rings. The number of ether oxygens (including phenoxy) is 1. The van der Waals surface area contributed by atoms with Crippen LogP contribution in [0.1, 0.15) is 40.7 Å². The fraction of sp³-hybridized carbons (Fsp3) is 0.500. The van der Waals surface area contributed by atoms with Crippen LogP contribution < -0.4 is 5.73 Å². The quantitative estimate of drug-likeness (QED) is 0.815. The molecular formula is C22H31N3O2. The molecule has 1 saturated heterocycles. The topological polar surface area (TPSA) is 60.5 Å². The van der Waals surface area contributed by atoms with Crippen molar-refractivity contribution in [2.75, 3.05) is 32.8 Å². The molecule has 3 rings (SSSR count). The number of amides is 1. The highest BCUT2D eigenvalue weighted by Crippen LogP contribution is 2.35. The predicted molar refractivity (Wildman–Crippen MR) is 109 cm³/mol. The van der Waals surface area contributed by atoms with Gasteiger partial charge in [-0.05, 0) is 37.8 Å². The molecule has 1 aliphatic heterocycles. The molecule has 1 aromatic heterocycles. The second kappa shape index (κ2) is 8.72. The van der Waals surface area contributed by atoms with E-state index in [9.17, 15) is 4.79 Å². The number of aromatic nitrogens is 1. The van der Waals surface area contributed by atoms with Gasteiger partial charge in [-0.2, -0.15) is 0 Å². The molecular weight excluding hydrogens is 338 g/mol. The Morgan fingerprint density at radius 2 is 1.85 bits per heavy atom. The zero-order chi connectivity index (χ0) is 19.4. The van der Waals surface area contributed by atoms with E-state index in [0.29, 0.717) is 5.56 Å². The molecule has 5 heteroatoms. The largest absolute Gasteiger partial charge is 0.379 e. The van der Waals surface area contributed by atoms with E-state index < -0.39 is 0 Å². The number of hydrogen-bond donors (Lipinski definition) is 1. The van der Waals surface area contributed by atoms with E-state index in [1.165, 1.54) is 11.3 Å². The van der Waals surface area contributed by atoms with Crippen molar-refractivity contribution in [1.82, 2.24) is 9.47 Å². The molecule has 1 aromatic carbocycles. The van der Waals surface area contributed by atoms with Crippen molar-refractivity contribution < 1.29 is 9.53 Å². The molecule has 0 saturated carbocycles. The average molecular weight is 370 g/mol. The Balaban J connectivity index is 1.93. The molecule has 2 N–H and O–H groups in total. The number of carbonyl (C=O) groups is 1. The zero-order valence-corrected chi connectivity index (χ0v) is 16.8. The molecule has 0 unspecified atom stereocenters. The summed E-state index contributed by atoms with van der Waals surface area (Å²) in [6, 6.07) is 8.23. The Morgan fingerprint density at radius 3 is 2.48 bits per heavy atom. The van der Waals surface area contributed by atoms with E-state index in [2.05, 4.69) is 35.4 Å². The number of nitrogens with two attached hydrogens (primary N) is 1. The molecule has 2 heterocycles. The van der Waals surface area contributed by atoms with E-state index in [0.717, 1.165) is 69.1 Å². The summed E-state index contributed by atoms with van der Waals surface area (Å²) in [4.78, 5) is 14.8. The first kappa shape index (κ1) is 19.6. The third-order valence-electron chi connectivity index (χ3n) is 5.59. The van der Waals surface area contributed by atoms with Crippen molar-refractivity contribution in [3.8, 4) is 11.1 Å². The van der Waals surface area contributed by atoms with Crippen LogP contribution in [0.4, 0.5) is 0 Å². The Labute approximate surface area is 162 Å². The van der Waals surface area contributed by atoms with E-state index in [1.807, 2.05) is 19.1 Å². The van der Waals surface area contributed by atoms with E-state index >= 15 is 0 Å². The molecule has 0 bridgehead atoms. The molecule has 1 fully saturated rings. The summed E-state index contributed by atoms with van der Waals surface area (Å²) in [7, 11) is 0. The molecule has 146 valence electrons. The van der Waals surface area contributed by atoms with Gasteiger partial charge in [0.1, 0.15) is 0 Å². The van der Waals surface area contributed by atoms with Crippen LogP contribution in [0.2, 0.25) is 0 Å².